The molecule has 2 saturated carbocycles. The van der Waals surface area contributed by atoms with Gasteiger partial charge >= 0.3 is 11.9 Å². The zero-order valence-corrected chi connectivity index (χ0v) is 35.2. The summed E-state index contributed by atoms with van der Waals surface area (Å²) in [7, 11) is 0. The van der Waals surface area contributed by atoms with Crippen LogP contribution in [0.25, 0.3) is 11.1 Å². The molecule has 0 unspecified atom stereocenters. The van der Waals surface area contributed by atoms with Gasteiger partial charge in [0.1, 0.15) is 22.5 Å². The van der Waals surface area contributed by atoms with E-state index in [1.807, 2.05) is 62.4 Å². The normalized spacial score (nSPS) is 15.7. The van der Waals surface area contributed by atoms with Crippen LogP contribution in [0.1, 0.15) is 120 Å². The van der Waals surface area contributed by atoms with E-state index in [9.17, 15) is 29.4 Å². The Balaban J connectivity index is 1.16. The predicted octanol–water partition coefficient (Wildman–Crippen LogP) is 5.83. The van der Waals surface area contributed by atoms with Crippen molar-refractivity contribution in [2.24, 2.45) is 0 Å². The molecule has 6 rings (SSSR count). The number of benzene rings is 2. The lowest BCUT2D eigenvalue weighted by Crippen LogP contribution is -2.53. The number of aliphatic hydroxyl groups excluding tert-OH is 2. The highest BCUT2D eigenvalue weighted by atomic mass is 16.5. The molecule has 0 aliphatic heterocycles. The van der Waals surface area contributed by atoms with Crippen LogP contribution in [0.2, 0.25) is 0 Å². The largest absolute Gasteiger partial charge is 0.465 e. The molecule has 0 spiro atoms. The Labute approximate surface area is 350 Å². The molecule has 2 fully saturated rings. The summed E-state index contributed by atoms with van der Waals surface area (Å²) in [6, 6.07) is 15.0. The quantitative estimate of drug-likeness (QED) is 0.0620. The second-order valence-corrected chi connectivity index (χ2v) is 16.1. The van der Waals surface area contributed by atoms with Crippen LogP contribution in [-0.4, -0.2) is 81.4 Å². The Hall–Kier alpha value is -5.54. The third kappa shape index (κ3) is 9.90. The van der Waals surface area contributed by atoms with Gasteiger partial charge < -0.3 is 30.3 Å². The van der Waals surface area contributed by atoms with Gasteiger partial charge in [-0.2, -0.15) is 0 Å². The van der Waals surface area contributed by atoms with Crippen LogP contribution < -0.4 is 21.3 Å². The molecular formula is C46H56N6O8. The lowest BCUT2D eigenvalue weighted by atomic mass is 9.94. The minimum atomic E-state index is -1.28. The van der Waals surface area contributed by atoms with E-state index in [0.717, 1.165) is 70.2 Å². The van der Waals surface area contributed by atoms with E-state index in [2.05, 4.69) is 31.2 Å². The van der Waals surface area contributed by atoms with Crippen LogP contribution in [-0.2, 0) is 32.2 Å². The number of nitrogens with one attached hydrogen (secondary N) is 4. The maximum absolute atomic E-state index is 13.7. The van der Waals surface area contributed by atoms with Gasteiger partial charge in [0.05, 0.1) is 26.4 Å². The summed E-state index contributed by atoms with van der Waals surface area (Å²) in [6.45, 7) is 10.6. The van der Waals surface area contributed by atoms with E-state index >= 15 is 0 Å². The summed E-state index contributed by atoms with van der Waals surface area (Å²) >= 11 is 0. The maximum atomic E-state index is 13.7. The number of carbonyl (C=O) groups is 4. The summed E-state index contributed by atoms with van der Waals surface area (Å²) in [5.41, 5.74) is 6.31. The monoisotopic (exact) mass is 820 g/mol. The summed E-state index contributed by atoms with van der Waals surface area (Å²) in [4.78, 5) is 61.4. The number of esters is 2. The molecule has 318 valence electrons. The summed E-state index contributed by atoms with van der Waals surface area (Å²) < 4.78 is 10.3. The molecule has 6 N–H and O–H groups in total. The number of hydrogen-bond donors (Lipinski definition) is 6. The number of aromatic nitrogens is 2. The first-order valence-corrected chi connectivity index (χ1v) is 20.6. The second-order valence-electron chi connectivity index (χ2n) is 16.1. The van der Waals surface area contributed by atoms with E-state index in [1.165, 1.54) is 0 Å². The van der Waals surface area contributed by atoms with Crippen molar-refractivity contribution in [3.63, 3.8) is 0 Å². The molecule has 60 heavy (non-hydrogen) atoms. The lowest BCUT2D eigenvalue weighted by molar-refractivity contribution is -0.153. The molecule has 2 aliphatic rings. The van der Waals surface area contributed by atoms with E-state index in [0.29, 0.717) is 11.4 Å². The van der Waals surface area contributed by atoms with Gasteiger partial charge in [-0.25, -0.2) is 9.59 Å². The number of anilines is 2. The van der Waals surface area contributed by atoms with Gasteiger partial charge in [-0.15, -0.1) is 0 Å². The molecular weight excluding hydrogens is 765 g/mol. The van der Waals surface area contributed by atoms with E-state index in [1.54, 1.807) is 40.1 Å². The van der Waals surface area contributed by atoms with Crippen molar-refractivity contribution in [3.05, 3.63) is 106 Å². The average Bonchev–Trinajstić information content (AvgIpc) is 4.19. The van der Waals surface area contributed by atoms with E-state index in [-0.39, 0.29) is 61.3 Å². The van der Waals surface area contributed by atoms with Gasteiger partial charge in [-0.05, 0) is 148 Å². The molecule has 2 atom stereocenters. The van der Waals surface area contributed by atoms with Gasteiger partial charge in [0.15, 0.2) is 0 Å². The molecule has 14 nitrogen and oxygen atoms in total. The molecule has 0 saturated heterocycles. The fourth-order valence-electron chi connectivity index (χ4n) is 7.14. The van der Waals surface area contributed by atoms with E-state index < -0.39 is 36.2 Å². The van der Waals surface area contributed by atoms with Crippen LogP contribution in [0.3, 0.4) is 0 Å². The lowest BCUT2D eigenvalue weighted by Gasteiger charge is -2.26. The Morgan fingerprint density at radius 3 is 1.38 bits per heavy atom. The number of carbonyl (C=O) groups excluding carboxylic acids is 4. The Morgan fingerprint density at radius 1 is 0.667 bits per heavy atom. The average molecular weight is 821 g/mol. The topological polar surface area (TPSA) is 201 Å². The summed E-state index contributed by atoms with van der Waals surface area (Å²) in [6.07, 6.45) is 7.25. The van der Waals surface area contributed by atoms with Crippen LogP contribution in [0.4, 0.5) is 11.4 Å². The Kier molecular flexibility index (Phi) is 13.8. The number of ether oxygens (including phenoxy) is 2. The molecule has 0 radical (unpaired) electrons. The highest BCUT2D eigenvalue weighted by Crippen LogP contribution is 2.43. The van der Waals surface area contributed by atoms with Crippen LogP contribution in [0.15, 0.2) is 60.9 Å². The first kappa shape index (κ1) is 44.0. The van der Waals surface area contributed by atoms with Gasteiger partial charge in [0, 0.05) is 36.9 Å². The number of nitrogens with zero attached hydrogens (tertiary/aromatic N) is 2. The third-order valence-electron chi connectivity index (χ3n) is 11.4. The first-order chi connectivity index (χ1) is 28.7. The van der Waals surface area contributed by atoms with Crippen molar-refractivity contribution < 1.29 is 38.9 Å². The van der Waals surface area contributed by atoms with Crippen molar-refractivity contribution in [1.82, 2.24) is 20.6 Å². The SMILES string of the molecule is CCOC(=O)[C@@](C)(CO)NCc1cnc(C(=O)Nc2cccc(-c3cccc(NC(=O)c4cc(C5CC5)c(CN[C@@](C)(CO)C(=O)OCC)cn4)c3C)c2C)cc1C1CC1. The maximum Gasteiger partial charge on any atom is 0.328 e. The number of hydrogen-bond acceptors (Lipinski definition) is 12. The van der Waals surface area contributed by atoms with Crippen LogP contribution in [0, 0.1) is 13.8 Å². The summed E-state index contributed by atoms with van der Waals surface area (Å²) in [5.74, 6) is -1.23. The highest BCUT2D eigenvalue weighted by molar-refractivity contribution is 6.05. The van der Waals surface area contributed by atoms with Crippen LogP contribution >= 0.6 is 0 Å². The van der Waals surface area contributed by atoms with Crippen LogP contribution in [0.5, 0.6) is 0 Å². The zero-order valence-electron chi connectivity index (χ0n) is 35.2. The van der Waals surface area contributed by atoms with Gasteiger partial charge in [-0.3, -0.25) is 30.2 Å². The van der Waals surface area contributed by atoms with E-state index in [4.69, 9.17) is 9.47 Å². The standard InChI is InChI=1S/C46H56N6O8/c1-7-59-43(57)45(5,25-53)49-23-31-21-47-39(19-35(31)29-15-16-29)41(55)51-37-13-9-11-33(27(37)3)34-12-10-14-38(28(34)4)52-42(56)40-20-36(30-17-18-30)32(22-48-40)24-50-46(6,26-54)44(58)60-8-2/h9-14,19-22,29-30,49-50,53-54H,7-8,15-18,23-26H2,1-6H3,(H,51,55)(H,52,56)/t45-,46+. The fraction of sp³-hybridized carbons (Fsp3) is 0.435. The Morgan fingerprint density at radius 2 is 1.05 bits per heavy atom. The van der Waals surface area contributed by atoms with Gasteiger partial charge in [-0.1, -0.05) is 24.3 Å². The number of pyridine rings is 2. The molecule has 0 bridgehead atoms. The van der Waals surface area contributed by atoms with Gasteiger partial charge in [0.2, 0.25) is 0 Å². The highest BCUT2D eigenvalue weighted by Gasteiger charge is 2.36. The van der Waals surface area contributed by atoms with Crippen molar-refractivity contribution in [3.8, 4) is 11.1 Å². The van der Waals surface area contributed by atoms with Gasteiger partial charge in [0.25, 0.3) is 11.8 Å². The predicted molar refractivity (Wildman–Crippen MR) is 228 cm³/mol. The van der Waals surface area contributed by atoms with Crippen molar-refractivity contribution in [1.29, 1.82) is 0 Å². The molecule has 2 heterocycles. The number of rotatable bonds is 19. The summed E-state index contributed by atoms with van der Waals surface area (Å²) in [5, 5.41) is 32.3. The smallest absolute Gasteiger partial charge is 0.328 e. The third-order valence-corrected chi connectivity index (χ3v) is 11.4. The number of aliphatic hydroxyl groups is 2. The second kappa shape index (κ2) is 18.8. The molecule has 2 aromatic carbocycles. The number of amides is 2. The minimum absolute atomic E-state index is 0.201. The molecule has 4 aromatic rings. The molecule has 2 aliphatic carbocycles. The Bertz CT molecular complexity index is 2100. The first-order valence-electron chi connectivity index (χ1n) is 20.6. The molecule has 14 heteroatoms. The zero-order chi connectivity index (χ0) is 43.2. The molecule has 2 amide bonds. The fourth-order valence-corrected chi connectivity index (χ4v) is 7.14. The molecule has 2 aromatic heterocycles. The van der Waals surface area contributed by atoms with Crippen molar-refractivity contribution >= 4 is 35.1 Å². The van der Waals surface area contributed by atoms with Crippen molar-refractivity contribution in [2.45, 2.75) is 103 Å². The van der Waals surface area contributed by atoms with Crippen molar-refractivity contribution in [2.75, 3.05) is 37.1 Å². The minimum Gasteiger partial charge on any atom is -0.465 e.